The van der Waals surface area contributed by atoms with Crippen LogP contribution in [-0.2, 0) is 4.79 Å². The minimum atomic E-state index is -0.772. The summed E-state index contributed by atoms with van der Waals surface area (Å²) in [5.41, 5.74) is 0. The third kappa shape index (κ3) is 8.24. The average molecular weight is 429 g/mol. The molecule has 1 aliphatic carbocycles. The molecule has 0 aromatic heterocycles. The zero-order chi connectivity index (χ0) is 21.2. The van der Waals surface area contributed by atoms with Crippen LogP contribution in [0.25, 0.3) is 0 Å². The van der Waals surface area contributed by atoms with Crippen molar-refractivity contribution in [2.75, 3.05) is 5.75 Å². The van der Waals surface area contributed by atoms with Crippen molar-refractivity contribution in [3.05, 3.63) is 30.1 Å². The van der Waals surface area contributed by atoms with Crippen LogP contribution in [-0.4, -0.2) is 50.5 Å². The molecule has 0 heterocycles. The summed E-state index contributed by atoms with van der Waals surface area (Å²) < 4.78 is 13.7. The minimum absolute atomic E-state index is 0.0101. The fourth-order valence-corrected chi connectivity index (χ4v) is 5.13. The van der Waals surface area contributed by atoms with E-state index in [-0.39, 0.29) is 24.1 Å². The number of rotatable bonds is 13. The van der Waals surface area contributed by atoms with Gasteiger partial charge in [-0.05, 0) is 56.1 Å². The highest BCUT2D eigenvalue weighted by molar-refractivity contribution is 7.99. The molecule has 1 aromatic rings. The number of hydrogen-bond donors (Lipinski definition) is 4. The summed E-state index contributed by atoms with van der Waals surface area (Å²) in [6, 6.07) is 6.49. The van der Waals surface area contributed by atoms with Crippen LogP contribution < -0.4 is 0 Å². The Bertz CT molecular complexity index is 629. The van der Waals surface area contributed by atoms with Crippen molar-refractivity contribution in [3.8, 4) is 0 Å². The first-order chi connectivity index (χ1) is 13.9. The molecular formula is C22H33FO5S. The molecule has 29 heavy (non-hydrogen) atoms. The van der Waals surface area contributed by atoms with E-state index in [1.165, 1.54) is 17.8 Å². The second-order valence-electron chi connectivity index (χ2n) is 8.02. The van der Waals surface area contributed by atoms with E-state index in [2.05, 4.69) is 0 Å². The van der Waals surface area contributed by atoms with Crippen molar-refractivity contribution >= 4 is 17.7 Å². The van der Waals surface area contributed by atoms with Gasteiger partial charge in [-0.1, -0.05) is 31.4 Å². The van der Waals surface area contributed by atoms with E-state index in [1.54, 1.807) is 18.2 Å². The van der Waals surface area contributed by atoms with Crippen molar-refractivity contribution in [2.45, 2.75) is 81.0 Å². The Kier molecular flexibility index (Phi) is 10.4. The number of thioether (sulfide) groups is 1. The van der Waals surface area contributed by atoms with E-state index in [4.69, 9.17) is 5.11 Å². The average Bonchev–Trinajstić information content (AvgIpc) is 2.94. The van der Waals surface area contributed by atoms with Crippen molar-refractivity contribution < 1.29 is 29.6 Å². The predicted molar refractivity (Wildman–Crippen MR) is 111 cm³/mol. The zero-order valence-corrected chi connectivity index (χ0v) is 17.6. The number of unbranched alkanes of at least 4 members (excludes halogenated alkanes) is 3. The van der Waals surface area contributed by atoms with Crippen LogP contribution in [0.1, 0.15) is 57.8 Å². The van der Waals surface area contributed by atoms with Crippen LogP contribution in [0.5, 0.6) is 0 Å². The Labute approximate surface area is 176 Å². The van der Waals surface area contributed by atoms with E-state index < -0.39 is 24.3 Å². The van der Waals surface area contributed by atoms with Gasteiger partial charge in [0.05, 0.1) is 18.3 Å². The fourth-order valence-electron chi connectivity index (χ4n) is 4.21. The summed E-state index contributed by atoms with van der Waals surface area (Å²) >= 11 is 1.28. The summed E-state index contributed by atoms with van der Waals surface area (Å²) in [5.74, 6) is -0.706. The van der Waals surface area contributed by atoms with Crippen LogP contribution in [0, 0.1) is 17.7 Å². The van der Waals surface area contributed by atoms with Gasteiger partial charge in [0.25, 0.3) is 0 Å². The lowest BCUT2D eigenvalue weighted by Gasteiger charge is -2.24. The summed E-state index contributed by atoms with van der Waals surface area (Å²) in [4.78, 5) is 11.0. The lowest BCUT2D eigenvalue weighted by atomic mass is 9.85. The molecular weight excluding hydrogens is 395 g/mol. The predicted octanol–water partition coefficient (Wildman–Crippen LogP) is 3.84. The molecule has 1 aliphatic rings. The Morgan fingerprint density at radius 1 is 1.07 bits per heavy atom. The SMILES string of the molecule is O=C(O)CCCCCCC1[C@@H](CCC(O)CSc2ccccc2F)[C@H](O)C[C@@H]1O. The summed E-state index contributed by atoms with van der Waals surface area (Å²) in [5, 5.41) is 39.6. The van der Waals surface area contributed by atoms with Crippen LogP contribution in [0.15, 0.2) is 29.2 Å². The number of hydrogen-bond acceptors (Lipinski definition) is 5. The number of aliphatic hydroxyl groups is 3. The Morgan fingerprint density at radius 2 is 1.72 bits per heavy atom. The highest BCUT2D eigenvalue weighted by Gasteiger charge is 2.40. The standard InChI is InChI=1S/C22H33FO5S/c23-18-8-5-6-9-21(18)29-14-15(24)11-12-17-16(19(25)13-20(17)26)7-3-1-2-4-10-22(27)28/h5-6,8-9,15-17,19-20,24-26H,1-4,7,10-14H2,(H,27,28)/t15?,16?,17-,19+,20-/m1/s1. The first-order valence-electron chi connectivity index (χ1n) is 10.5. The molecule has 1 saturated carbocycles. The molecule has 0 aliphatic heterocycles. The third-order valence-corrected chi connectivity index (χ3v) is 6.99. The van der Waals surface area contributed by atoms with Gasteiger partial charge in [-0.3, -0.25) is 4.79 Å². The highest BCUT2D eigenvalue weighted by atomic mass is 32.2. The maximum Gasteiger partial charge on any atom is 0.303 e. The topological polar surface area (TPSA) is 98.0 Å². The first-order valence-corrected chi connectivity index (χ1v) is 11.5. The molecule has 5 nitrogen and oxygen atoms in total. The van der Waals surface area contributed by atoms with Crippen molar-refractivity contribution in [2.24, 2.45) is 11.8 Å². The van der Waals surface area contributed by atoms with Gasteiger partial charge in [0.1, 0.15) is 5.82 Å². The molecule has 0 radical (unpaired) electrons. The second kappa shape index (κ2) is 12.5. The van der Waals surface area contributed by atoms with Gasteiger partial charge in [0.2, 0.25) is 0 Å². The second-order valence-corrected chi connectivity index (χ2v) is 9.08. The molecule has 0 spiro atoms. The number of carboxylic acid groups (broad SMARTS) is 1. The van der Waals surface area contributed by atoms with E-state index in [0.29, 0.717) is 36.3 Å². The van der Waals surface area contributed by atoms with Gasteiger partial charge >= 0.3 is 5.97 Å². The van der Waals surface area contributed by atoms with Crippen molar-refractivity contribution in [1.29, 1.82) is 0 Å². The lowest BCUT2D eigenvalue weighted by Crippen LogP contribution is -2.24. The van der Waals surface area contributed by atoms with Gasteiger partial charge in [-0.25, -0.2) is 4.39 Å². The molecule has 2 unspecified atom stereocenters. The monoisotopic (exact) mass is 428 g/mol. The maximum absolute atomic E-state index is 13.7. The normalized spacial score (nSPS) is 25.2. The molecule has 0 bridgehead atoms. The maximum atomic E-state index is 13.7. The van der Waals surface area contributed by atoms with Crippen LogP contribution >= 0.6 is 11.8 Å². The molecule has 4 N–H and O–H groups in total. The Hall–Kier alpha value is -1.15. The van der Waals surface area contributed by atoms with E-state index in [9.17, 15) is 24.5 Å². The van der Waals surface area contributed by atoms with Crippen LogP contribution in [0.2, 0.25) is 0 Å². The van der Waals surface area contributed by atoms with E-state index >= 15 is 0 Å². The Morgan fingerprint density at radius 3 is 2.41 bits per heavy atom. The number of aliphatic carboxylic acids is 1. The molecule has 5 atom stereocenters. The minimum Gasteiger partial charge on any atom is -0.481 e. The largest absolute Gasteiger partial charge is 0.481 e. The number of benzene rings is 1. The number of carbonyl (C=O) groups is 1. The molecule has 164 valence electrons. The van der Waals surface area contributed by atoms with Crippen molar-refractivity contribution in [1.82, 2.24) is 0 Å². The number of halogens is 1. The van der Waals surface area contributed by atoms with Crippen molar-refractivity contribution in [3.63, 3.8) is 0 Å². The smallest absolute Gasteiger partial charge is 0.303 e. The van der Waals surface area contributed by atoms with Gasteiger partial charge in [0, 0.05) is 17.1 Å². The third-order valence-electron chi connectivity index (χ3n) is 5.80. The van der Waals surface area contributed by atoms with Gasteiger partial charge in [-0.2, -0.15) is 0 Å². The molecule has 1 aromatic carbocycles. The molecule has 0 saturated heterocycles. The summed E-state index contributed by atoms with van der Waals surface area (Å²) in [7, 11) is 0. The number of aliphatic hydroxyl groups excluding tert-OH is 3. The van der Waals surface area contributed by atoms with E-state index in [0.717, 1.165) is 25.7 Å². The van der Waals surface area contributed by atoms with Crippen LogP contribution in [0.4, 0.5) is 4.39 Å². The quantitative estimate of drug-likeness (QED) is 0.281. The Balaban J connectivity index is 1.72. The number of carboxylic acids is 1. The summed E-state index contributed by atoms with van der Waals surface area (Å²) in [6.45, 7) is 0. The van der Waals surface area contributed by atoms with E-state index in [1.807, 2.05) is 0 Å². The van der Waals surface area contributed by atoms with Gasteiger partial charge < -0.3 is 20.4 Å². The zero-order valence-electron chi connectivity index (χ0n) is 16.8. The molecule has 0 amide bonds. The molecule has 1 fully saturated rings. The molecule has 2 rings (SSSR count). The van der Waals surface area contributed by atoms with Crippen LogP contribution in [0.3, 0.4) is 0 Å². The van der Waals surface area contributed by atoms with Gasteiger partial charge in [-0.15, -0.1) is 11.8 Å². The summed E-state index contributed by atoms with van der Waals surface area (Å²) in [6.07, 6.45) is 4.15. The molecule has 7 heteroatoms. The first kappa shape index (κ1) is 24.1. The lowest BCUT2D eigenvalue weighted by molar-refractivity contribution is -0.137. The highest BCUT2D eigenvalue weighted by Crippen LogP contribution is 2.39. The van der Waals surface area contributed by atoms with Gasteiger partial charge in [0.15, 0.2) is 0 Å². The fraction of sp³-hybridized carbons (Fsp3) is 0.682.